The average molecular weight is 233 g/mol. The molecule has 2 rings (SSSR count). The van der Waals surface area contributed by atoms with Crippen molar-refractivity contribution in [3.63, 3.8) is 0 Å². The summed E-state index contributed by atoms with van der Waals surface area (Å²) in [7, 11) is 0. The lowest BCUT2D eigenvalue weighted by Gasteiger charge is -2.10. The van der Waals surface area contributed by atoms with Crippen LogP contribution >= 0.6 is 0 Å². The molecule has 0 amide bonds. The first-order valence-corrected chi connectivity index (χ1v) is 5.59. The molecule has 0 radical (unpaired) electrons. The normalized spacial score (nSPS) is 11.1. The zero-order chi connectivity index (χ0) is 12.6. The van der Waals surface area contributed by atoms with E-state index in [0.717, 1.165) is 11.1 Å². The fourth-order valence-corrected chi connectivity index (χ4v) is 1.84. The molecule has 90 valence electrons. The van der Waals surface area contributed by atoms with Crippen LogP contribution in [0.4, 0.5) is 10.2 Å². The van der Waals surface area contributed by atoms with Gasteiger partial charge in [-0.2, -0.15) is 0 Å². The van der Waals surface area contributed by atoms with E-state index in [9.17, 15) is 4.39 Å². The van der Waals surface area contributed by atoms with Gasteiger partial charge in [-0.15, -0.1) is 0 Å². The summed E-state index contributed by atoms with van der Waals surface area (Å²) in [4.78, 5) is 4.28. The van der Waals surface area contributed by atoms with Gasteiger partial charge in [-0.25, -0.2) is 9.37 Å². The molecule has 2 aromatic rings. The second-order valence-electron chi connectivity index (χ2n) is 4.44. The van der Waals surface area contributed by atoms with Gasteiger partial charge in [0.05, 0.1) is 6.33 Å². The van der Waals surface area contributed by atoms with Gasteiger partial charge in [0.25, 0.3) is 0 Å². The molecule has 0 saturated heterocycles. The first kappa shape index (κ1) is 11.6. The molecule has 0 aliphatic heterocycles. The summed E-state index contributed by atoms with van der Waals surface area (Å²) < 4.78 is 15.1. The van der Waals surface area contributed by atoms with Crippen molar-refractivity contribution in [1.82, 2.24) is 9.55 Å². The Balaban J connectivity index is 2.57. The maximum absolute atomic E-state index is 13.3. The molecule has 1 aromatic heterocycles. The van der Waals surface area contributed by atoms with Gasteiger partial charge in [-0.3, -0.25) is 0 Å². The van der Waals surface area contributed by atoms with Gasteiger partial charge < -0.3 is 10.3 Å². The number of hydrogen-bond acceptors (Lipinski definition) is 2. The predicted molar refractivity (Wildman–Crippen MR) is 67.2 cm³/mol. The Labute approximate surface area is 100 Å². The van der Waals surface area contributed by atoms with Crippen LogP contribution in [-0.2, 0) is 0 Å². The van der Waals surface area contributed by atoms with E-state index in [4.69, 9.17) is 5.73 Å². The van der Waals surface area contributed by atoms with Gasteiger partial charge in [0, 0.05) is 11.6 Å². The van der Waals surface area contributed by atoms with Crippen LogP contribution in [0, 0.1) is 12.7 Å². The third kappa shape index (κ3) is 2.02. The molecule has 1 aromatic carbocycles. The van der Waals surface area contributed by atoms with Crippen LogP contribution in [0.15, 0.2) is 24.5 Å². The number of benzene rings is 1. The van der Waals surface area contributed by atoms with Gasteiger partial charge in [0.2, 0.25) is 0 Å². The van der Waals surface area contributed by atoms with Crippen molar-refractivity contribution in [3.05, 3.63) is 35.9 Å². The van der Waals surface area contributed by atoms with Crippen LogP contribution in [0.3, 0.4) is 0 Å². The number of nitrogens with two attached hydrogens (primary N) is 1. The van der Waals surface area contributed by atoms with E-state index in [1.807, 2.05) is 25.3 Å². The second-order valence-corrected chi connectivity index (χ2v) is 4.44. The topological polar surface area (TPSA) is 43.8 Å². The third-order valence-electron chi connectivity index (χ3n) is 2.84. The third-order valence-corrected chi connectivity index (χ3v) is 2.84. The van der Waals surface area contributed by atoms with E-state index in [1.165, 1.54) is 12.1 Å². The number of aromatic nitrogens is 2. The number of halogens is 1. The molecule has 0 unspecified atom stereocenters. The van der Waals surface area contributed by atoms with E-state index >= 15 is 0 Å². The van der Waals surface area contributed by atoms with Crippen LogP contribution in [-0.4, -0.2) is 9.55 Å². The molecule has 2 N–H and O–H groups in total. The van der Waals surface area contributed by atoms with Crippen molar-refractivity contribution in [1.29, 1.82) is 0 Å². The first-order chi connectivity index (χ1) is 8.00. The molecule has 0 fully saturated rings. The monoisotopic (exact) mass is 233 g/mol. The molecule has 1 heterocycles. The van der Waals surface area contributed by atoms with Crippen LogP contribution < -0.4 is 5.73 Å². The summed E-state index contributed by atoms with van der Waals surface area (Å²) in [5, 5.41) is 0. The fraction of sp³-hybridized carbons (Fsp3) is 0.308. The van der Waals surface area contributed by atoms with Crippen molar-refractivity contribution < 1.29 is 4.39 Å². The lowest BCUT2D eigenvalue weighted by molar-refractivity contribution is 0.607. The zero-order valence-corrected chi connectivity index (χ0v) is 10.2. The lowest BCUT2D eigenvalue weighted by atomic mass is 10.1. The Kier molecular flexibility index (Phi) is 2.88. The summed E-state index contributed by atoms with van der Waals surface area (Å²) in [5.74, 6) is 0.304. The number of aryl methyl sites for hydroxylation is 1. The van der Waals surface area contributed by atoms with Crippen LogP contribution in [0.25, 0.3) is 11.3 Å². The maximum Gasteiger partial charge on any atom is 0.131 e. The number of rotatable bonds is 2. The highest BCUT2D eigenvalue weighted by Gasteiger charge is 2.14. The van der Waals surface area contributed by atoms with E-state index in [1.54, 1.807) is 12.4 Å². The van der Waals surface area contributed by atoms with Gasteiger partial charge in [-0.05, 0) is 38.5 Å². The summed E-state index contributed by atoms with van der Waals surface area (Å²) in [6, 6.07) is 4.89. The van der Waals surface area contributed by atoms with E-state index in [2.05, 4.69) is 4.98 Å². The lowest BCUT2D eigenvalue weighted by Crippen LogP contribution is -2.04. The zero-order valence-electron chi connectivity index (χ0n) is 10.2. The van der Waals surface area contributed by atoms with Crippen molar-refractivity contribution in [2.24, 2.45) is 0 Å². The number of anilines is 1. The highest BCUT2D eigenvalue weighted by Crippen LogP contribution is 2.29. The molecule has 4 heteroatoms. The van der Waals surface area contributed by atoms with Crippen LogP contribution in [0.5, 0.6) is 0 Å². The van der Waals surface area contributed by atoms with E-state index in [-0.39, 0.29) is 11.9 Å². The smallest absolute Gasteiger partial charge is 0.131 e. The number of imidazole rings is 1. The molecule has 3 nitrogen and oxygen atoms in total. The molecule has 0 saturated carbocycles. The average Bonchev–Trinajstić information content (AvgIpc) is 2.64. The van der Waals surface area contributed by atoms with Crippen molar-refractivity contribution in [2.45, 2.75) is 26.8 Å². The minimum atomic E-state index is -0.274. The van der Waals surface area contributed by atoms with Crippen LogP contribution in [0.1, 0.15) is 25.5 Å². The Bertz CT molecular complexity index is 544. The molecule has 0 spiro atoms. The standard InChI is InChI=1S/C13H16FN3/c1-8(2)17-7-16-12(13(17)15)11-6-10(14)5-4-9(11)3/h4-8H,15H2,1-3H3. The van der Waals surface area contributed by atoms with E-state index < -0.39 is 0 Å². The summed E-state index contributed by atoms with van der Waals surface area (Å²) in [6.07, 6.45) is 1.69. The van der Waals surface area contributed by atoms with Crippen molar-refractivity contribution in [2.75, 3.05) is 5.73 Å². The SMILES string of the molecule is Cc1ccc(F)cc1-c1ncn(C(C)C)c1N. The van der Waals surface area contributed by atoms with Gasteiger partial charge in [-0.1, -0.05) is 6.07 Å². The summed E-state index contributed by atoms with van der Waals surface area (Å²) >= 11 is 0. The predicted octanol–water partition coefficient (Wildman–Crippen LogP) is 3.16. The molecule has 17 heavy (non-hydrogen) atoms. The molecular formula is C13H16FN3. The maximum atomic E-state index is 13.3. The highest BCUT2D eigenvalue weighted by atomic mass is 19.1. The summed E-state index contributed by atoms with van der Waals surface area (Å²) in [6.45, 7) is 5.98. The fourth-order valence-electron chi connectivity index (χ4n) is 1.84. The molecule has 0 aliphatic carbocycles. The number of hydrogen-bond donors (Lipinski definition) is 1. The minimum absolute atomic E-state index is 0.241. The Hall–Kier alpha value is -1.84. The Morgan fingerprint density at radius 2 is 2.06 bits per heavy atom. The molecule has 0 atom stereocenters. The van der Waals surface area contributed by atoms with Gasteiger partial charge in [0.15, 0.2) is 0 Å². The quantitative estimate of drug-likeness (QED) is 0.865. The highest BCUT2D eigenvalue weighted by molar-refractivity contribution is 5.73. The summed E-state index contributed by atoms with van der Waals surface area (Å²) in [5.41, 5.74) is 8.40. The van der Waals surface area contributed by atoms with Gasteiger partial charge >= 0.3 is 0 Å². The van der Waals surface area contributed by atoms with E-state index in [0.29, 0.717) is 11.5 Å². The molecule has 0 bridgehead atoms. The van der Waals surface area contributed by atoms with Crippen LogP contribution in [0.2, 0.25) is 0 Å². The first-order valence-electron chi connectivity index (χ1n) is 5.59. The molecular weight excluding hydrogens is 217 g/mol. The largest absolute Gasteiger partial charge is 0.383 e. The second kappa shape index (κ2) is 4.20. The van der Waals surface area contributed by atoms with Crippen molar-refractivity contribution in [3.8, 4) is 11.3 Å². The number of nitrogen functional groups attached to an aromatic ring is 1. The number of nitrogens with zero attached hydrogens (tertiary/aromatic N) is 2. The Morgan fingerprint density at radius 1 is 1.35 bits per heavy atom. The minimum Gasteiger partial charge on any atom is -0.383 e. The van der Waals surface area contributed by atoms with Crippen molar-refractivity contribution >= 4 is 5.82 Å². The Morgan fingerprint density at radius 3 is 2.65 bits per heavy atom. The van der Waals surface area contributed by atoms with Gasteiger partial charge in [0.1, 0.15) is 17.3 Å². The molecule has 0 aliphatic rings.